The third kappa shape index (κ3) is 5.28. The summed E-state index contributed by atoms with van der Waals surface area (Å²) in [7, 11) is 0. The molecule has 40 heavy (non-hydrogen) atoms. The van der Waals surface area contributed by atoms with Crippen molar-refractivity contribution in [2.75, 3.05) is 0 Å². The van der Waals surface area contributed by atoms with Crippen molar-refractivity contribution in [3.63, 3.8) is 0 Å². The van der Waals surface area contributed by atoms with Crippen LogP contribution in [0.1, 0.15) is 105 Å². The van der Waals surface area contributed by atoms with Crippen molar-refractivity contribution in [1.82, 2.24) is 0 Å². The first-order valence-electron chi connectivity index (χ1n) is 14.0. The van der Waals surface area contributed by atoms with E-state index in [1.54, 1.807) is 0 Å². The van der Waals surface area contributed by atoms with Gasteiger partial charge in [0.15, 0.2) is 0 Å². The van der Waals surface area contributed by atoms with E-state index in [0.29, 0.717) is 0 Å². The Morgan fingerprint density at radius 1 is 0.375 bits per heavy atom. The fourth-order valence-corrected chi connectivity index (χ4v) is 6.00. The summed E-state index contributed by atoms with van der Waals surface area (Å²) >= 11 is 0. The van der Waals surface area contributed by atoms with Gasteiger partial charge in [-0.15, -0.1) is 0 Å². The van der Waals surface area contributed by atoms with E-state index in [9.17, 15) is 20.4 Å². The summed E-state index contributed by atoms with van der Waals surface area (Å²) in [4.78, 5) is 0. The number of benzene rings is 4. The normalized spacial score (nSPS) is 13.7. The third-order valence-corrected chi connectivity index (χ3v) is 8.52. The second-order valence-electron chi connectivity index (χ2n) is 11.8. The SMILES string of the molecule is Cc1cc(C)c(O)c(C(C)c2cc(C(C)c3cc(C)c(O)c(C(C)c4cc(C)cc(C)c4O)c3)cc(C)c2O)c1. The fraction of sp³-hybridized carbons (Fsp3) is 0.333. The van der Waals surface area contributed by atoms with Gasteiger partial charge in [-0.25, -0.2) is 0 Å². The van der Waals surface area contributed by atoms with Crippen LogP contribution in [0.5, 0.6) is 23.0 Å². The molecule has 0 saturated carbocycles. The van der Waals surface area contributed by atoms with Crippen LogP contribution in [0.15, 0.2) is 48.5 Å². The number of aryl methyl sites for hydroxylation is 6. The first-order chi connectivity index (χ1) is 18.7. The van der Waals surface area contributed by atoms with Gasteiger partial charge >= 0.3 is 0 Å². The zero-order chi connectivity index (χ0) is 29.6. The zero-order valence-corrected chi connectivity index (χ0v) is 25.1. The van der Waals surface area contributed by atoms with E-state index < -0.39 is 0 Å². The maximum Gasteiger partial charge on any atom is 0.122 e. The number of hydrogen-bond donors (Lipinski definition) is 4. The smallest absolute Gasteiger partial charge is 0.122 e. The molecule has 0 aliphatic carbocycles. The molecule has 0 heterocycles. The van der Waals surface area contributed by atoms with Crippen LogP contribution in [0.4, 0.5) is 0 Å². The van der Waals surface area contributed by atoms with Crippen LogP contribution in [0.3, 0.4) is 0 Å². The van der Waals surface area contributed by atoms with Gasteiger partial charge in [-0.05, 0) is 74.9 Å². The van der Waals surface area contributed by atoms with Gasteiger partial charge < -0.3 is 20.4 Å². The van der Waals surface area contributed by atoms with Crippen molar-refractivity contribution in [2.24, 2.45) is 0 Å². The Balaban J connectivity index is 1.80. The van der Waals surface area contributed by atoms with Crippen molar-refractivity contribution >= 4 is 0 Å². The van der Waals surface area contributed by atoms with Crippen molar-refractivity contribution in [3.8, 4) is 23.0 Å². The third-order valence-electron chi connectivity index (χ3n) is 8.52. The Kier molecular flexibility index (Phi) is 7.94. The van der Waals surface area contributed by atoms with Crippen molar-refractivity contribution < 1.29 is 20.4 Å². The van der Waals surface area contributed by atoms with Gasteiger partial charge in [0.1, 0.15) is 23.0 Å². The van der Waals surface area contributed by atoms with Gasteiger partial charge in [-0.2, -0.15) is 0 Å². The monoisotopic (exact) mass is 538 g/mol. The second kappa shape index (κ2) is 10.9. The van der Waals surface area contributed by atoms with E-state index in [1.807, 2.05) is 104 Å². The Hall–Kier alpha value is -3.92. The zero-order valence-electron chi connectivity index (χ0n) is 25.1. The van der Waals surface area contributed by atoms with E-state index >= 15 is 0 Å². The van der Waals surface area contributed by atoms with E-state index in [1.165, 1.54) is 0 Å². The highest BCUT2D eigenvalue weighted by Gasteiger charge is 2.24. The molecular weight excluding hydrogens is 496 g/mol. The highest BCUT2D eigenvalue weighted by Crippen LogP contribution is 2.43. The van der Waals surface area contributed by atoms with Crippen LogP contribution in [0.2, 0.25) is 0 Å². The van der Waals surface area contributed by atoms with Gasteiger partial charge in [0.25, 0.3) is 0 Å². The molecule has 4 nitrogen and oxygen atoms in total. The van der Waals surface area contributed by atoms with Crippen molar-refractivity contribution in [3.05, 3.63) is 115 Å². The lowest BCUT2D eigenvalue weighted by atomic mass is 9.82. The topological polar surface area (TPSA) is 80.9 Å². The van der Waals surface area contributed by atoms with Gasteiger partial charge in [-0.3, -0.25) is 0 Å². The molecule has 4 aromatic carbocycles. The molecule has 0 aromatic heterocycles. The summed E-state index contributed by atoms with van der Waals surface area (Å²) in [6, 6.07) is 16.0. The molecule has 2 unspecified atom stereocenters. The quantitative estimate of drug-likeness (QED) is 0.198. The lowest BCUT2D eigenvalue weighted by molar-refractivity contribution is 0.451. The summed E-state index contributed by atoms with van der Waals surface area (Å²) in [5.41, 5.74) is 10.5. The van der Waals surface area contributed by atoms with Crippen LogP contribution in [0, 0.1) is 41.5 Å². The highest BCUT2D eigenvalue weighted by molar-refractivity contribution is 5.56. The minimum Gasteiger partial charge on any atom is -0.507 e. The molecule has 0 aliphatic rings. The number of phenols is 4. The first-order valence-corrected chi connectivity index (χ1v) is 14.0. The maximum absolute atomic E-state index is 11.1. The van der Waals surface area contributed by atoms with Gasteiger partial charge in [0, 0.05) is 40.0 Å². The standard InChI is InChI=1S/C36H42O4/c1-18-10-20(3)33(37)29(12-18)25(8)31-16-27(14-22(5)35(31)39)24(7)28-15-23(6)36(40)32(17-28)26(9)30-13-19(2)11-21(4)34(30)38/h10-17,24-26,37-40H,1-9H3. The number of hydrogen-bond acceptors (Lipinski definition) is 4. The Bertz CT molecular complexity index is 1480. The molecule has 210 valence electrons. The predicted molar refractivity (Wildman–Crippen MR) is 163 cm³/mol. The lowest BCUT2D eigenvalue weighted by Gasteiger charge is -2.24. The highest BCUT2D eigenvalue weighted by atomic mass is 16.3. The predicted octanol–water partition coefficient (Wildman–Crippen LogP) is 8.81. The summed E-state index contributed by atoms with van der Waals surface area (Å²) in [5, 5.41) is 43.9. The lowest BCUT2D eigenvalue weighted by Crippen LogP contribution is -2.06. The van der Waals surface area contributed by atoms with E-state index in [0.717, 1.165) is 66.8 Å². The number of phenolic OH excluding ortho intramolecular Hbond substituents is 4. The Morgan fingerprint density at radius 2 is 0.650 bits per heavy atom. The van der Waals surface area contributed by atoms with Gasteiger partial charge in [0.05, 0.1) is 0 Å². The van der Waals surface area contributed by atoms with Gasteiger partial charge in [0.2, 0.25) is 0 Å². The molecule has 4 N–H and O–H groups in total. The molecule has 0 spiro atoms. The van der Waals surface area contributed by atoms with Crippen molar-refractivity contribution in [2.45, 2.75) is 80.1 Å². The molecule has 0 saturated heterocycles. The van der Waals surface area contributed by atoms with Gasteiger partial charge in [-0.1, -0.05) is 80.4 Å². The number of aromatic hydroxyl groups is 4. The molecule has 0 amide bonds. The van der Waals surface area contributed by atoms with Crippen LogP contribution in [-0.4, -0.2) is 20.4 Å². The first kappa shape index (κ1) is 29.1. The summed E-state index contributed by atoms with van der Waals surface area (Å²) < 4.78 is 0. The Morgan fingerprint density at radius 3 is 0.975 bits per heavy atom. The summed E-state index contributed by atoms with van der Waals surface area (Å²) in [6.45, 7) is 17.8. The summed E-state index contributed by atoms with van der Waals surface area (Å²) in [6.07, 6.45) is 0. The van der Waals surface area contributed by atoms with Crippen LogP contribution in [0.25, 0.3) is 0 Å². The van der Waals surface area contributed by atoms with E-state index in [2.05, 4.69) is 6.92 Å². The van der Waals surface area contributed by atoms with E-state index in [-0.39, 0.29) is 40.8 Å². The van der Waals surface area contributed by atoms with Crippen LogP contribution >= 0.6 is 0 Å². The fourth-order valence-electron chi connectivity index (χ4n) is 6.00. The molecule has 0 aliphatic heterocycles. The minimum atomic E-state index is -0.214. The average Bonchev–Trinajstić information content (AvgIpc) is 2.90. The molecule has 4 aromatic rings. The second-order valence-corrected chi connectivity index (χ2v) is 11.8. The average molecular weight is 539 g/mol. The molecular formula is C36H42O4. The minimum absolute atomic E-state index is 0.0313. The van der Waals surface area contributed by atoms with Crippen LogP contribution < -0.4 is 0 Å². The molecule has 0 radical (unpaired) electrons. The molecule has 0 bridgehead atoms. The maximum atomic E-state index is 11.1. The van der Waals surface area contributed by atoms with E-state index in [4.69, 9.17) is 0 Å². The molecule has 0 fully saturated rings. The number of rotatable bonds is 6. The Labute approximate surface area is 238 Å². The molecule has 2 atom stereocenters. The molecule has 4 heteroatoms. The summed E-state index contributed by atoms with van der Waals surface area (Å²) in [5.74, 6) is 0.540. The largest absolute Gasteiger partial charge is 0.507 e. The molecule has 4 rings (SSSR count). The van der Waals surface area contributed by atoms with Crippen LogP contribution in [-0.2, 0) is 0 Å². The van der Waals surface area contributed by atoms with Crippen molar-refractivity contribution in [1.29, 1.82) is 0 Å².